The predicted octanol–water partition coefficient (Wildman–Crippen LogP) is 4.53. The Morgan fingerprint density at radius 2 is 1.63 bits per heavy atom. The molecule has 35 heavy (non-hydrogen) atoms. The van der Waals surface area contributed by atoms with E-state index in [1.54, 1.807) is 25.1 Å². The van der Waals surface area contributed by atoms with Gasteiger partial charge in [-0.05, 0) is 48.8 Å². The molecule has 3 amide bonds. The smallest absolute Gasteiger partial charge is 0.326 e. The van der Waals surface area contributed by atoms with Crippen molar-refractivity contribution in [3.63, 3.8) is 0 Å². The number of hydrogen-bond acceptors (Lipinski definition) is 4. The maximum absolute atomic E-state index is 13.7. The second-order valence-electron chi connectivity index (χ2n) is 8.08. The molecule has 1 aliphatic rings. The summed E-state index contributed by atoms with van der Waals surface area (Å²) in [5, 5.41) is 5.59. The minimum Gasteiger partial charge on any atom is -0.465 e. The van der Waals surface area contributed by atoms with Crippen molar-refractivity contribution in [3.05, 3.63) is 102 Å². The molecule has 3 aromatic rings. The molecule has 1 aliphatic heterocycles. The highest BCUT2D eigenvalue weighted by Gasteiger charge is 2.33. The fourth-order valence-electron chi connectivity index (χ4n) is 4.04. The lowest BCUT2D eigenvalue weighted by atomic mass is 9.95. The molecule has 0 fully saturated rings. The van der Waals surface area contributed by atoms with E-state index in [2.05, 4.69) is 10.6 Å². The summed E-state index contributed by atoms with van der Waals surface area (Å²) in [4.78, 5) is 40.4. The van der Waals surface area contributed by atoms with E-state index in [0.29, 0.717) is 11.4 Å². The van der Waals surface area contributed by atoms with E-state index in [-0.39, 0.29) is 13.2 Å². The highest BCUT2D eigenvalue weighted by molar-refractivity contribution is 6.09. The average Bonchev–Trinajstić information content (AvgIpc) is 2.97. The average molecular weight is 470 g/mol. The third-order valence-corrected chi connectivity index (χ3v) is 5.71. The molecule has 7 heteroatoms. The lowest BCUT2D eigenvalue weighted by Gasteiger charge is -2.25. The lowest BCUT2D eigenvalue weighted by Crippen LogP contribution is -2.50. The highest BCUT2D eigenvalue weighted by atomic mass is 16.5. The number of benzene rings is 3. The van der Waals surface area contributed by atoms with Crippen molar-refractivity contribution >= 4 is 34.9 Å². The van der Waals surface area contributed by atoms with Crippen LogP contribution in [0.2, 0.25) is 0 Å². The van der Waals surface area contributed by atoms with Gasteiger partial charge in [0.25, 0.3) is 5.91 Å². The summed E-state index contributed by atoms with van der Waals surface area (Å²) in [6, 6.07) is 22.8. The van der Waals surface area contributed by atoms with E-state index in [1.807, 2.05) is 73.7 Å². The van der Waals surface area contributed by atoms with Crippen molar-refractivity contribution in [1.29, 1.82) is 0 Å². The number of ether oxygens (including phenoxy) is 1. The number of nitrogens with one attached hydrogen (secondary N) is 2. The zero-order valence-electron chi connectivity index (χ0n) is 19.7. The van der Waals surface area contributed by atoms with E-state index >= 15 is 0 Å². The second-order valence-corrected chi connectivity index (χ2v) is 8.08. The monoisotopic (exact) mass is 469 g/mol. The lowest BCUT2D eigenvalue weighted by molar-refractivity contribution is -0.142. The maximum Gasteiger partial charge on any atom is 0.326 e. The van der Waals surface area contributed by atoms with Gasteiger partial charge in [0, 0.05) is 11.3 Å². The number of fused-ring (bicyclic) bond motifs is 1. The topological polar surface area (TPSA) is 87.7 Å². The van der Waals surface area contributed by atoms with Gasteiger partial charge >= 0.3 is 12.0 Å². The number of hydrogen-bond donors (Lipinski definition) is 2. The number of carbonyl (C=O) groups excluding carboxylic acids is 3. The molecule has 0 spiro atoms. The predicted molar refractivity (Wildman–Crippen MR) is 136 cm³/mol. The zero-order valence-corrected chi connectivity index (χ0v) is 19.7. The molecule has 0 saturated heterocycles. The van der Waals surface area contributed by atoms with Crippen molar-refractivity contribution in [2.45, 2.75) is 19.9 Å². The van der Waals surface area contributed by atoms with E-state index in [9.17, 15) is 14.4 Å². The van der Waals surface area contributed by atoms with Crippen LogP contribution in [0.5, 0.6) is 0 Å². The van der Waals surface area contributed by atoms with Crippen LogP contribution in [0.1, 0.15) is 23.6 Å². The largest absolute Gasteiger partial charge is 0.465 e. The summed E-state index contributed by atoms with van der Waals surface area (Å²) in [5.41, 5.74) is 4.56. The van der Waals surface area contributed by atoms with E-state index in [1.165, 1.54) is 4.90 Å². The van der Waals surface area contributed by atoms with Gasteiger partial charge in [0.1, 0.15) is 12.6 Å². The standard InChI is InChI=1S/C28H27N3O4/c1-3-35-26(32)18-31-25-16-10-8-14-21(25)22(20-12-5-4-6-13-20)17-24(27(31)33)30-28(34)29-23-15-9-7-11-19(23)2/h4-17,24H,3,18H2,1-2H3,(H2,29,30,34). The normalized spacial score (nSPS) is 14.9. The van der Waals surface area contributed by atoms with Crippen molar-refractivity contribution in [2.75, 3.05) is 23.4 Å². The summed E-state index contributed by atoms with van der Waals surface area (Å²) in [5.74, 6) is -0.960. The number of aryl methyl sites for hydroxylation is 1. The third-order valence-electron chi connectivity index (χ3n) is 5.71. The van der Waals surface area contributed by atoms with Gasteiger partial charge in [-0.2, -0.15) is 0 Å². The van der Waals surface area contributed by atoms with Crippen molar-refractivity contribution in [3.8, 4) is 0 Å². The van der Waals surface area contributed by atoms with Gasteiger partial charge in [-0.3, -0.25) is 14.5 Å². The first-order valence-corrected chi connectivity index (χ1v) is 11.4. The van der Waals surface area contributed by atoms with Gasteiger partial charge in [0.05, 0.1) is 12.3 Å². The summed E-state index contributed by atoms with van der Waals surface area (Å²) in [6.45, 7) is 3.54. The van der Waals surface area contributed by atoms with Crippen LogP contribution in [0.3, 0.4) is 0 Å². The minimum absolute atomic E-state index is 0.205. The molecule has 7 nitrogen and oxygen atoms in total. The summed E-state index contributed by atoms with van der Waals surface area (Å²) in [6.07, 6.45) is 1.74. The van der Waals surface area contributed by atoms with Crippen LogP contribution in [0, 0.1) is 6.92 Å². The van der Waals surface area contributed by atoms with Gasteiger partial charge < -0.3 is 15.4 Å². The van der Waals surface area contributed by atoms with Crippen LogP contribution in [0.25, 0.3) is 5.57 Å². The fraction of sp³-hybridized carbons (Fsp3) is 0.179. The summed E-state index contributed by atoms with van der Waals surface area (Å²) >= 11 is 0. The van der Waals surface area contributed by atoms with Gasteiger partial charge in [0.2, 0.25) is 0 Å². The fourth-order valence-corrected chi connectivity index (χ4v) is 4.04. The third kappa shape index (κ3) is 5.41. The molecule has 3 aromatic carbocycles. The van der Waals surface area contributed by atoms with Crippen LogP contribution in [-0.2, 0) is 14.3 Å². The first-order valence-electron chi connectivity index (χ1n) is 11.4. The molecule has 1 unspecified atom stereocenters. The van der Waals surface area contributed by atoms with Gasteiger partial charge in [-0.1, -0.05) is 66.7 Å². The SMILES string of the molecule is CCOC(=O)CN1C(=O)C(NC(=O)Nc2ccccc2C)C=C(c2ccccc2)c2ccccc21. The molecule has 0 aromatic heterocycles. The van der Waals surface area contributed by atoms with E-state index < -0.39 is 23.9 Å². The number of rotatable bonds is 6. The number of carbonyl (C=O) groups is 3. The Kier molecular flexibility index (Phi) is 7.26. The summed E-state index contributed by atoms with van der Waals surface area (Å²) in [7, 11) is 0. The van der Waals surface area contributed by atoms with E-state index in [0.717, 1.165) is 22.3 Å². The van der Waals surface area contributed by atoms with E-state index in [4.69, 9.17) is 4.74 Å². The number of nitrogens with zero attached hydrogens (tertiary/aromatic N) is 1. The zero-order chi connectivity index (χ0) is 24.8. The molecule has 178 valence electrons. The van der Waals surface area contributed by atoms with Crippen LogP contribution in [0.15, 0.2) is 84.9 Å². The Morgan fingerprint density at radius 1 is 0.943 bits per heavy atom. The molecular formula is C28H27N3O4. The molecule has 0 bridgehead atoms. The quantitative estimate of drug-likeness (QED) is 0.520. The molecule has 1 atom stereocenters. The summed E-state index contributed by atoms with van der Waals surface area (Å²) < 4.78 is 5.12. The number of amides is 3. The number of urea groups is 1. The van der Waals surface area contributed by atoms with Gasteiger partial charge in [-0.25, -0.2) is 4.79 Å². The van der Waals surface area contributed by atoms with Crippen LogP contribution >= 0.6 is 0 Å². The highest BCUT2D eigenvalue weighted by Crippen LogP contribution is 2.35. The number of esters is 1. The molecule has 4 rings (SSSR count). The number of anilines is 2. The van der Waals surface area contributed by atoms with Crippen molar-refractivity contribution in [2.24, 2.45) is 0 Å². The Balaban J connectivity index is 1.74. The minimum atomic E-state index is -1.02. The van der Waals surface area contributed by atoms with Crippen molar-refractivity contribution < 1.29 is 19.1 Å². The molecule has 2 N–H and O–H groups in total. The van der Waals surface area contributed by atoms with Gasteiger partial charge in [0.15, 0.2) is 0 Å². The molecule has 1 heterocycles. The first-order chi connectivity index (χ1) is 17.0. The molecule has 0 radical (unpaired) electrons. The van der Waals surface area contributed by atoms with Crippen LogP contribution in [0.4, 0.5) is 16.2 Å². The Hall–Kier alpha value is -4.39. The van der Waals surface area contributed by atoms with Gasteiger partial charge in [-0.15, -0.1) is 0 Å². The van der Waals surface area contributed by atoms with Crippen LogP contribution in [-0.4, -0.2) is 37.1 Å². The first kappa shape index (κ1) is 23.8. The number of para-hydroxylation sites is 2. The Bertz CT molecular complexity index is 1270. The van der Waals surface area contributed by atoms with Crippen LogP contribution < -0.4 is 15.5 Å². The molecular weight excluding hydrogens is 442 g/mol. The molecule has 0 saturated carbocycles. The van der Waals surface area contributed by atoms with Crippen molar-refractivity contribution in [1.82, 2.24) is 5.32 Å². The Morgan fingerprint density at radius 3 is 2.37 bits per heavy atom. The Labute approximate surface area is 204 Å². The maximum atomic E-state index is 13.7. The second kappa shape index (κ2) is 10.7. The molecule has 0 aliphatic carbocycles.